The zero-order chi connectivity index (χ0) is 12.1. The SMILES string of the molecule is CC(NCc1cncc(Br)c1)c1ccccn1. The lowest BCUT2D eigenvalue weighted by atomic mass is 10.2. The summed E-state index contributed by atoms with van der Waals surface area (Å²) in [6.45, 7) is 2.89. The molecule has 0 radical (unpaired) electrons. The van der Waals surface area contributed by atoms with Crippen LogP contribution < -0.4 is 5.32 Å². The second-order valence-electron chi connectivity index (χ2n) is 3.87. The van der Waals surface area contributed by atoms with Crippen LogP contribution >= 0.6 is 15.9 Å². The summed E-state index contributed by atoms with van der Waals surface area (Å²) in [7, 11) is 0. The average molecular weight is 292 g/mol. The molecule has 2 aromatic rings. The summed E-state index contributed by atoms with van der Waals surface area (Å²) in [6.07, 6.45) is 5.46. The van der Waals surface area contributed by atoms with E-state index in [1.54, 1.807) is 6.20 Å². The molecule has 1 unspecified atom stereocenters. The molecule has 17 heavy (non-hydrogen) atoms. The fraction of sp³-hybridized carbons (Fsp3) is 0.231. The van der Waals surface area contributed by atoms with Gasteiger partial charge < -0.3 is 5.32 Å². The number of hydrogen-bond donors (Lipinski definition) is 1. The molecule has 1 N–H and O–H groups in total. The Kier molecular flexibility index (Phi) is 4.23. The van der Waals surface area contributed by atoms with Gasteiger partial charge in [-0.05, 0) is 46.6 Å². The van der Waals surface area contributed by atoms with E-state index in [2.05, 4.69) is 44.2 Å². The summed E-state index contributed by atoms with van der Waals surface area (Å²) in [6, 6.07) is 8.24. The maximum atomic E-state index is 4.32. The molecule has 1 atom stereocenters. The van der Waals surface area contributed by atoms with Gasteiger partial charge in [-0.3, -0.25) is 9.97 Å². The third kappa shape index (κ3) is 3.61. The molecule has 88 valence electrons. The van der Waals surface area contributed by atoms with Crippen LogP contribution in [0.15, 0.2) is 47.3 Å². The summed E-state index contributed by atoms with van der Waals surface area (Å²) < 4.78 is 1.00. The van der Waals surface area contributed by atoms with Crippen molar-refractivity contribution in [2.24, 2.45) is 0 Å². The van der Waals surface area contributed by atoms with Crippen LogP contribution in [0.25, 0.3) is 0 Å². The molecule has 2 aromatic heterocycles. The molecular weight excluding hydrogens is 278 g/mol. The molecule has 0 aromatic carbocycles. The van der Waals surface area contributed by atoms with Crippen molar-refractivity contribution in [3.05, 3.63) is 58.6 Å². The molecule has 0 spiro atoms. The van der Waals surface area contributed by atoms with Crippen molar-refractivity contribution in [1.82, 2.24) is 15.3 Å². The third-order valence-corrected chi connectivity index (χ3v) is 2.94. The summed E-state index contributed by atoms with van der Waals surface area (Å²) in [5.74, 6) is 0. The Morgan fingerprint density at radius 3 is 2.94 bits per heavy atom. The molecule has 0 fully saturated rings. The molecule has 0 amide bonds. The molecule has 0 aliphatic rings. The molecule has 0 aliphatic carbocycles. The summed E-state index contributed by atoms with van der Waals surface area (Å²) in [5.41, 5.74) is 2.21. The van der Waals surface area contributed by atoms with E-state index < -0.39 is 0 Å². The van der Waals surface area contributed by atoms with Gasteiger partial charge in [-0.15, -0.1) is 0 Å². The lowest BCUT2D eigenvalue weighted by Crippen LogP contribution is -2.19. The highest BCUT2D eigenvalue weighted by atomic mass is 79.9. The molecule has 0 saturated carbocycles. The quantitative estimate of drug-likeness (QED) is 0.941. The van der Waals surface area contributed by atoms with E-state index in [0.29, 0.717) is 0 Å². The van der Waals surface area contributed by atoms with Crippen molar-refractivity contribution in [2.45, 2.75) is 19.5 Å². The Balaban J connectivity index is 1.95. The fourth-order valence-electron chi connectivity index (χ4n) is 1.56. The monoisotopic (exact) mass is 291 g/mol. The lowest BCUT2D eigenvalue weighted by molar-refractivity contribution is 0.560. The van der Waals surface area contributed by atoms with Crippen molar-refractivity contribution in [2.75, 3.05) is 0 Å². The first kappa shape index (κ1) is 12.2. The molecule has 0 saturated heterocycles. The number of hydrogen-bond acceptors (Lipinski definition) is 3. The second kappa shape index (κ2) is 5.89. The highest BCUT2D eigenvalue weighted by Crippen LogP contribution is 2.12. The van der Waals surface area contributed by atoms with Crippen LogP contribution in [-0.4, -0.2) is 9.97 Å². The number of halogens is 1. The Morgan fingerprint density at radius 1 is 1.35 bits per heavy atom. The van der Waals surface area contributed by atoms with E-state index in [1.807, 2.05) is 30.6 Å². The van der Waals surface area contributed by atoms with Crippen LogP contribution in [0.5, 0.6) is 0 Å². The minimum absolute atomic E-state index is 0.232. The molecule has 4 heteroatoms. The zero-order valence-corrected chi connectivity index (χ0v) is 11.2. The zero-order valence-electron chi connectivity index (χ0n) is 9.60. The topological polar surface area (TPSA) is 37.8 Å². The molecule has 3 nitrogen and oxygen atoms in total. The van der Waals surface area contributed by atoms with Gasteiger partial charge in [0.15, 0.2) is 0 Å². The van der Waals surface area contributed by atoms with Gasteiger partial charge in [0, 0.05) is 35.6 Å². The van der Waals surface area contributed by atoms with Gasteiger partial charge in [0.05, 0.1) is 5.69 Å². The molecule has 2 rings (SSSR count). The van der Waals surface area contributed by atoms with Gasteiger partial charge in [0.25, 0.3) is 0 Å². The van der Waals surface area contributed by atoms with Crippen LogP contribution in [0.3, 0.4) is 0 Å². The predicted octanol–water partition coefficient (Wildman–Crippen LogP) is 3.09. The smallest absolute Gasteiger partial charge is 0.0570 e. The molecule has 0 bridgehead atoms. The Bertz CT molecular complexity index is 473. The number of aromatic nitrogens is 2. The fourth-order valence-corrected chi connectivity index (χ4v) is 1.97. The van der Waals surface area contributed by atoms with E-state index in [4.69, 9.17) is 0 Å². The maximum Gasteiger partial charge on any atom is 0.0570 e. The van der Waals surface area contributed by atoms with Gasteiger partial charge in [-0.2, -0.15) is 0 Å². The largest absolute Gasteiger partial charge is 0.305 e. The van der Waals surface area contributed by atoms with Crippen molar-refractivity contribution in [3.63, 3.8) is 0 Å². The van der Waals surface area contributed by atoms with E-state index in [0.717, 1.165) is 22.3 Å². The minimum atomic E-state index is 0.232. The van der Waals surface area contributed by atoms with Crippen LogP contribution in [0.2, 0.25) is 0 Å². The standard InChI is InChI=1S/C13H14BrN3/c1-10(13-4-2-3-5-16-13)17-8-11-6-12(14)9-15-7-11/h2-7,9-10,17H,8H2,1H3. The van der Waals surface area contributed by atoms with Crippen LogP contribution in [0.1, 0.15) is 24.2 Å². The molecular formula is C13H14BrN3. The second-order valence-corrected chi connectivity index (χ2v) is 4.78. The Labute approximate surface area is 109 Å². The number of pyridine rings is 2. The van der Waals surface area contributed by atoms with Gasteiger partial charge in [0.2, 0.25) is 0 Å². The van der Waals surface area contributed by atoms with Crippen molar-refractivity contribution in [3.8, 4) is 0 Å². The van der Waals surface area contributed by atoms with Gasteiger partial charge in [-0.25, -0.2) is 0 Å². The van der Waals surface area contributed by atoms with Gasteiger partial charge in [-0.1, -0.05) is 6.07 Å². The van der Waals surface area contributed by atoms with E-state index in [9.17, 15) is 0 Å². The van der Waals surface area contributed by atoms with E-state index >= 15 is 0 Å². The molecule has 0 aliphatic heterocycles. The predicted molar refractivity (Wildman–Crippen MR) is 71.4 cm³/mol. The summed E-state index contributed by atoms with van der Waals surface area (Å²) in [5, 5.41) is 3.42. The molecule has 2 heterocycles. The highest BCUT2D eigenvalue weighted by Gasteiger charge is 2.05. The van der Waals surface area contributed by atoms with E-state index in [1.165, 1.54) is 0 Å². The van der Waals surface area contributed by atoms with Crippen LogP contribution in [-0.2, 0) is 6.54 Å². The minimum Gasteiger partial charge on any atom is -0.305 e. The first-order valence-electron chi connectivity index (χ1n) is 5.49. The van der Waals surface area contributed by atoms with Crippen LogP contribution in [0, 0.1) is 0 Å². The van der Waals surface area contributed by atoms with Crippen molar-refractivity contribution < 1.29 is 0 Å². The number of rotatable bonds is 4. The lowest BCUT2D eigenvalue weighted by Gasteiger charge is -2.13. The van der Waals surface area contributed by atoms with Crippen molar-refractivity contribution >= 4 is 15.9 Å². The Morgan fingerprint density at radius 2 is 2.24 bits per heavy atom. The third-order valence-electron chi connectivity index (χ3n) is 2.51. The summed E-state index contributed by atoms with van der Waals surface area (Å²) >= 11 is 3.41. The number of nitrogens with one attached hydrogen (secondary N) is 1. The maximum absolute atomic E-state index is 4.32. The Hall–Kier alpha value is -1.26. The van der Waals surface area contributed by atoms with E-state index in [-0.39, 0.29) is 6.04 Å². The number of nitrogens with zero attached hydrogens (tertiary/aromatic N) is 2. The van der Waals surface area contributed by atoms with Crippen molar-refractivity contribution in [1.29, 1.82) is 0 Å². The average Bonchev–Trinajstić information content (AvgIpc) is 2.37. The van der Waals surface area contributed by atoms with Gasteiger partial charge in [0.1, 0.15) is 0 Å². The first-order chi connectivity index (χ1) is 8.25. The highest BCUT2D eigenvalue weighted by molar-refractivity contribution is 9.10. The van der Waals surface area contributed by atoms with Gasteiger partial charge >= 0.3 is 0 Å². The summed E-state index contributed by atoms with van der Waals surface area (Å²) in [4.78, 5) is 8.45. The first-order valence-corrected chi connectivity index (χ1v) is 6.29. The van der Waals surface area contributed by atoms with Crippen LogP contribution in [0.4, 0.5) is 0 Å². The normalized spacial score (nSPS) is 12.4.